The van der Waals surface area contributed by atoms with Crippen molar-refractivity contribution in [2.75, 3.05) is 13.7 Å². The zero-order chi connectivity index (χ0) is 20.1. The average molecular weight is 389 g/mol. The van der Waals surface area contributed by atoms with Crippen LogP contribution in [0.1, 0.15) is 47.5 Å². The summed E-state index contributed by atoms with van der Waals surface area (Å²) in [6.07, 6.45) is 9.89. The van der Waals surface area contributed by atoms with E-state index in [1.165, 1.54) is 18.4 Å². The summed E-state index contributed by atoms with van der Waals surface area (Å²) in [5.74, 6) is 1.77. The van der Waals surface area contributed by atoms with Gasteiger partial charge in [0.25, 0.3) is 5.91 Å². The first-order chi connectivity index (χ1) is 14.3. The van der Waals surface area contributed by atoms with Crippen LogP contribution < -0.4 is 10.1 Å². The molecule has 0 spiro atoms. The van der Waals surface area contributed by atoms with Gasteiger partial charge in [0.05, 0.1) is 12.7 Å². The second-order valence-corrected chi connectivity index (χ2v) is 7.68. The number of carbonyl (C=O) groups is 1. The molecule has 29 heavy (non-hydrogen) atoms. The van der Waals surface area contributed by atoms with Crippen LogP contribution in [0.2, 0.25) is 0 Å². The molecule has 0 unspecified atom stereocenters. The molecule has 5 heteroatoms. The Balaban J connectivity index is 1.35. The summed E-state index contributed by atoms with van der Waals surface area (Å²) in [5, 5.41) is 3.13. The minimum Gasteiger partial charge on any atom is -0.494 e. The van der Waals surface area contributed by atoms with Crippen LogP contribution in [-0.2, 0) is 0 Å². The van der Waals surface area contributed by atoms with Gasteiger partial charge in [-0.15, -0.1) is 0 Å². The summed E-state index contributed by atoms with van der Waals surface area (Å²) in [7, 11) is 1.61. The highest BCUT2D eigenvalue weighted by molar-refractivity contribution is 6.00. The number of benzene rings is 1. The first-order valence-electron chi connectivity index (χ1n) is 10.3. The number of hydrogen-bond acceptors (Lipinski definition) is 3. The molecule has 150 valence electrons. The maximum atomic E-state index is 12.8. The largest absolute Gasteiger partial charge is 0.494 e. The number of nitrogens with zero attached hydrogens (tertiary/aromatic N) is 1. The third-order valence-electron chi connectivity index (χ3n) is 5.90. The van der Waals surface area contributed by atoms with Gasteiger partial charge in [-0.05, 0) is 55.2 Å². The Morgan fingerprint density at radius 1 is 1.10 bits per heavy atom. The lowest BCUT2D eigenvalue weighted by Crippen LogP contribution is -2.31. The van der Waals surface area contributed by atoms with Crippen molar-refractivity contribution in [1.29, 1.82) is 0 Å². The fourth-order valence-electron chi connectivity index (χ4n) is 4.26. The van der Waals surface area contributed by atoms with E-state index in [0.717, 1.165) is 18.4 Å². The molecule has 1 saturated carbocycles. The Morgan fingerprint density at radius 3 is 2.66 bits per heavy atom. The van der Waals surface area contributed by atoms with E-state index in [1.54, 1.807) is 25.7 Å². The van der Waals surface area contributed by atoms with E-state index in [-0.39, 0.29) is 5.91 Å². The lowest BCUT2D eigenvalue weighted by molar-refractivity contribution is 0.0943. The van der Waals surface area contributed by atoms with Gasteiger partial charge in [-0.1, -0.05) is 30.3 Å². The summed E-state index contributed by atoms with van der Waals surface area (Å²) in [6, 6.07) is 14.4. The lowest BCUT2D eigenvalue weighted by Gasteiger charge is -2.29. The van der Waals surface area contributed by atoms with Gasteiger partial charge in [0, 0.05) is 30.7 Å². The number of amides is 1. The molecule has 0 saturated heterocycles. The van der Waals surface area contributed by atoms with E-state index in [9.17, 15) is 4.79 Å². The normalized spacial score (nSPS) is 18.9. The predicted molar refractivity (Wildman–Crippen MR) is 114 cm³/mol. The maximum absolute atomic E-state index is 12.8. The van der Waals surface area contributed by atoms with Crippen molar-refractivity contribution in [1.82, 2.24) is 15.3 Å². The number of aromatic amines is 1. The number of methoxy groups -OCH3 is 1. The molecule has 0 bridgehead atoms. The summed E-state index contributed by atoms with van der Waals surface area (Å²) in [5.41, 5.74) is 3.47. The van der Waals surface area contributed by atoms with Gasteiger partial charge in [-0.3, -0.25) is 9.78 Å². The summed E-state index contributed by atoms with van der Waals surface area (Å²) < 4.78 is 5.40. The Labute approximate surface area is 171 Å². The van der Waals surface area contributed by atoms with Crippen molar-refractivity contribution in [3.05, 3.63) is 72.2 Å². The van der Waals surface area contributed by atoms with Crippen LogP contribution in [0.3, 0.4) is 0 Å². The molecule has 2 heterocycles. The number of H-pyrrole nitrogens is 1. The van der Waals surface area contributed by atoms with E-state index in [2.05, 4.69) is 45.6 Å². The third-order valence-corrected chi connectivity index (χ3v) is 5.90. The molecular formula is C24H27N3O2. The molecule has 0 aliphatic heterocycles. The molecule has 1 aliphatic rings. The lowest BCUT2D eigenvalue weighted by atomic mass is 9.78. The van der Waals surface area contributed by atoms with Crippen LogP contribution in [-0.4, -0.2) is 29.5 Å². The Morgan fingerprint density at radius 2 is 1.90 bits per heavy atom. The van der Waals surface area contributed by atoms with Crippen molar-refractivity contribution in [2.24, 2.45) is 5.92 Å². The number of carbonyl (C=O) groups excluding carboxylic acids is 1. The highest BCUT2D eigenvalue weighted by Gasteiger charge is 2.24. The Kier molecular flexibility index (Phi) is 5.94. The second-order valence-electron chi connectivity index (χ2n) is 7.68. The molecule has 1 aromatic carbocycles. The van der Waals surface area contributed by atoms with Gasteiger partial charge < -0.3 is 15.0 Å². The predicted octanol–water partition coefficient (Wildman–Crippen LogP) is 4.79. The smallest absolute Gasteiger partial charge is 0.253 e. The molecule has 2 N–H and O–H groups in total. The summed E-state index contributed by atoms with van der Waals surface area (Å²) in [4.78, 5) is 20.3. The number of nitrogens with one attached hydrogen (secondary N) is 2. The van der Waals surface area contributed by atoms with E-state index < -0.39 is 0 Å². The third kappa shape index (κ3) is 4.34. The van der Waals surface area contributed by atoms with Crippen LogP contribution in [0.15, 0.2) is 61.1 Å². The molecule has 0 atom stereocenters. The fraction of sp³-hybridized carbons (Fsp3) is 0.333. The van der Waals surface area contributed by atoms with Crippen molar-refractivity contribution >= 4 is 5.91 Å². The average Bonchev–Trinajstić information content (AvgIpc) is 3.28. The number of aromatic nitrogens is 2. The van der Waals surface area contributed by atoms with Crippen molar-refractivity contribution < 1.29 is 9.53 Å². The number of rotatable bonds is 6. The number of hydrogen-bond donors (Lipinski definition) is 2. The van der Waals surface area contributed by atoms with Crippen LogP contribution >= 0.6 is 0 Å². The second kappa shape index (κ2) is 8.95. The van der Waals surface area contributed by atoms with Gasteiger partial charge in [0.15, 0.2) is 0 Å². The molecular weight excluding hydrogens is 362 g/mol. The minimum absolute atomic E-state index is 0.0702. The molecule has 1 fully saturated rings. The molecule has 2 aromatic heterocycles. The number of pyridine rings is 1. The van der Waals surface area contributed by atoms with E-state index >= 15 is 0 Å². The highest BCUT2D eigenvalue weighted by atomic mass is 16.5. The summed E-state index contributed by atoms with van der Waals surface area (Å²) >= 11 is 0. The van der Waals surface area contributed by atoms with E-state index in [1.807, 2.05) is 12.1 Å². The zero-order valence-electron chi connectivity index (χ0n) is 16.7. The molecule has 3 aromatic rings. The molecule has 4 rings (SSSR count). The van der Waals surface area contributed by atoms with Gasteiger partial charge in [-0.25, -0.2) is 0 Å². The van der Waals surface area contributed by atoms with Gasteiger partial charge in [0.2, 0.25) is 0 Å². The minimum atomic E-state index is -0.0702. The fourth-order valence-corrected chi connectivity index (χ4v) is 4.26. The van der Waals surface area contributed by atoms with Crippen molar-refractivity contribution in [3.63, 3.8) is 0 Å². The van der Waals surface area contributed by atoms with Crippen molar-refractivity contribution in [2.45, 2.75) is 31.6 Å². The highest BCUT2D eigenvalue weighted by Crippen LogP contribution is 2.35. The van der Waals surface area contributed by atoms with Gasteiger partial charge in [-0.2, -0.15) is 0 Å². The molecule has 5 nitrogen and oxygen atoms in total. The number of ether oxygens (including phenoxy) is 1. The molecule has 0 radical (unpaired) electrons. The Bertz CT molecular complexity index is 944. The van der Waals surface area contributed by atoms with E-state index in [0.29, 0.717) is 35.4 Å². The zero-order valence-corrected chi connectivity index (χ0v) is 16.7. The Hall–Kier alpha value is -3.08. The first-order valence-corrected chi connectivity index (χ1v) is 10.3. The maximum Gasteiger partial charge on any atom is 0.253 e. The monoisotopic (exact) mass is 389 g/mol. The SMILES string of the molecule is COc1cccnc1-c1c[nH]cc1C(=O)NCC1CCC(c2ccccc2)CC1. The van der Waals surface area contributed by atoms with E-state index in [4.69, 9.17) is 4.74 Å². The standard InChI is InChI=1S/C24H27N3O2/c1-29-22-8-5-13-26-23(22)20-15-25-16-21(20)24(28)27-14-17-9-11-19(12-10-17)18-6-3-2-4-7-18/h2-8,13,15-17,19,25H,9-12,14H2,1H3,(H,27,28). The summed E-state index contributed by atoms with van der Waals surface area (Å²) in [6.45, 7) is 0.713. The van der Waals surface area contributed by atoms with Gasteiger partial charge >= 0.3 is 0 Å². The molecule has 1 amide bonds. The van der Waals surface area contributed by atoms with Crippen LogP contribution in [0.5, 0.6) is 5.75 Å². The van der Waals surface area contributed by atoms with Crippen molar-refractivity contribution in [3.8, 4) is 17.0 Å². The van der Waals surface area contributed by atoms with Crippen LogP contribution in [0, 0.1) is 5.92 Å². The van der Waals surface area contributed by atoms with Crippen LogP contribution in [0.25, 0.3) is 11.3 Å². The molecule has 1 aliphatic carbocycles. The topological polar surface area (TPSA) is 67.0 Å². The quantitative estimate of drug-likeness (QED) is 0.637. The first kappa shape index (κ1) is 19.2. The van der Waals surface area contributed by atoms with Crippen LogP contribution in [0.4, 0.5) is 0 Å². The van der Waals surface area contributed by atoms with Gasteiger partial charge in [0.1, 0.15) is 11.4 Å².